The third-order valence-corrected chi connectivity index (χ3v) is 4.81. The fraction of sp³-hybridized carbons (Fsp3) is 0.333. The molecule has 0 radical (unpaired) electrons. The highest BCUT2D eigenvalue weighted by molar-refractivity contribution is 6.31. The number of nitrogens with two attached hydrogens (primary N) is 1. The van der Waals surface area contributed by atoms with Crippen LogP contribution in [0.3, 0.4) is 0 Å². The molecule has 0 aliphatic carbocycles. The van der Waals surface area contributed by atoms with Crippen molar-refractivity contribution in [1.82, 2.24) is 4.90 Å². The van der Waals surface area contributed by atoms with Gasteiger partial charge < -0.3 is 5.73 Å². The summed E-state index contributed by atoms with van der Waals surface area (Å²) in [7, 11) is 0. The Balaban J connectivity index is 1.76. The number of benzene rings is 2. The van der Waals surface area contributed by atoms with Gasteiger partial charge in [-0.05, 0) is 29.7 Å². The van der Waals surface area contributed by atoms with Gasteiger partial charge in [0.1, 0.15) is 0 Å². The topological polar surface area (TPSA) is 29.3 Å². The maximum absolute atomic E-state index is 6.39. The smallest absolute Gasteiger partial charge is 0.0438 e. The van der Waals surface area contributed by atoms with Crippen molar-refractivity contribution in [3.05, 3.63) is 70.2 Å². The van der Waals surface area contributed by atoms with Gasteiger partial charge in [0.25, 0.3) is 0 Å². The lowest BCUT2D eigenvalue weighted by molar-refractivity contribution is 0.324. The van der Waals surface area contributed by atoms with E-state index in [4.69, 9.17) is 17.3 Å². The quantitative estimate of drug-likeness (QED) is 0.939. The van der Waals surface area contributed by atoms with E-state index in [1.54, 1.807) is 0 Å². The van der Waals surface area contributed by atoms with E-state index < -0.39 is 0 Å². The Hall–Kier alpha value is -1.35. The molecule has 2 nitrogen and oxygen atoms in total. The fourth-order valence-electron chi connectivity index (χ4n) is 3.24. The summed E-state index contributed by atoms with van der Waals surface area (Å²) in [5.74, 6) is 0.368. The van der Waals surface area contributed by atoms with E-state index in [1.807, 2.05) is 12.1 Å². The molecule has 21 heavy (non-hydrogen) atoms. The van der Waals surface area contributed by atoms with Crippen LogP contribution < -0.4 is 5.73 Å². The molecular formula is C18H21ClN2. The number of likely N-dealkylation sites (tertiary alicyclic amines) is 1. The first kappa shape index (κ1) is 14.6. The molecular weight excluding hydrogens is 280 g/mol. The molecule has 3 rings (SSSR count). The van der Waals surface area contributed by atoms with Crippen molar-refractivity contribution in [3.63, 3.8) is 0 Å². The van der Waals surface area contributed by atoms with Crippen molar-refractivity contribution < 1.29 is 0 Å². The molecule has 3 heteroatoms. The highest BCUT2D eigenvalue weighted by Crippen LogP contribution is 2.32. The third kappa shape index (κ3) is 3.13. The molecule has 2 atom stereocenters. The van der Waals surface area contributed by atoms with Crippen LogP contribution in [0.25, 0.3) is 0 Å². The Morgan fingerprint density at radius 2 is 1.86 bits per heavy atom. The SMILES string of the molecule is Cc1c(Cl)cccc1C1CN(Cc2ccccc2)CC1N. The van der Waals surface area contributed by atoms with Gasteiger partial charge in [0.15, 0.2) is 0 Å². The molecule has 2 unspecified atom stereocenters. The minimum absolute atomic E-state index is 0.172. The lowest BCUT2D eigenvalue weighted by Gasteiger charge is -2.18. The lowest BCUT2D eigenvalue weighted by Crippen LogP contribution is -2.28. The zero-order chi connectivity index (χ0) is 14.8. The molecule has 0 aromatic heterocycles. The molecule has 0 saturated carbocycles. The number of rotatable bonds is 3. The Labute approximate surface area is 131 Å². The van der Waals surface area contributed by atoms with Gasteiger partial charge in [-0.2, -0.15) is 0 Å². The molecule has 0 spiro atoms. The molecule has 0 bridgehead atoms. The van der Waals surface area contributed by atoms with Crippen LogP contribution in [-0.2, 0) is 6.54 Å². The first-order chi connectivity index (χ1) is 10.1. The standard InChI is InChI=1S/C18H21ClN2/c1-13-15(8-5-9-17(13)19)16-11-21(12-18(16)20)10-14-6-3-2-4-7-14/h2-9,16,18H,10-12,20H2,1H3. The summed E-state index contributed by atoms with van der Waals surface area (Å²) in [6, 6.07) is 16.9. The molecule has 110 valence electrons. The second-order valence-corrected chi connectivity index (χ2v) is 6.31. The van der Waals surface area contributed by atoms with E-state index in [1.165, 1.54) is 16.7 Å². The Morgan fingerprint density at radius 1 is 1.10 bits per heavy atom. The second kappa shape index (κ2) is 6.18. The van der Waals surface area contributed by atoms with Crippen LogP contribution in [0.2, 0.25) is 5.02 Å². The first-order valence-electron chi connectivity index (χ1n) is 7.42. The maximum atomic E-state index is 6.39. The van der Waals surface area contributed by atoms with E-state index in [0.717, 1.165) is 24.7 Å². The van der Waals surface area contributed by atoms with Crippen LogP contribution in [0.1, 0.15) is 22.6 Å². The van der Waals surface area contributed by atoms with Gasteiger partial charge >= 0.3 is 0 Å². The van der Waals surface area contributed by atoms with Crippen LogP contribution in [-0.4, -0.2) is 24.0 Å². The van der Waals surface area contributed by atoms with Crippen molar-refractivity contribution in [1.29, 1.82) is 0 Å². The summed E-state index contributed by atoms with van der Waals surface area (Å²) in [6.07, 6.45) is 0. The summed E-state index contributed by atoms with van der Waals surface area (Å²) >= 11 is 6.25. The highest BCUT2D eigenvalue weighted by Gasteiger charge is 2.32. The van der Waals surface area contributed by atoms with Crippen LogP contribution >= 0.6 is 11.6 Å². The number of nitrogens with zero attached hydrogens (tertiary/aromatic N) is 1. The second-order valence-electron chi connectivity index (χ2n) is 5.90. The molecule has 1 heterocycles. The molecule has 2 aromatic rings. The molecule has 1 aliphatic rings. The lowest BCUT2D eigenvalue weighted by atomic mass is 9.91. The van der Waals surface area contributed by atoms with Gasteiger partial charge in [0.2, 0.25) is 0 Å². The molecule has 2 aromatic carbocycles. The van der Waals surface area contributed by atoms with E-state index >= 15 is 0 Å². The van der Waals surface area contributed by atoms with Gasteiger partial charge in [-0.15, -0.1) is 0 Å². The van der Waals surface area contributed by atoms with Crippen molar-refractivity contribution in [2.75, 3.05) is 13.1 Å². The highest BCUT2D eigenvalue weighted by atomic mass is 35.5. The van der Waals surface area contributed by atoms with Crippen LogP contribution in [0.15, 0.2) is 48.5 Å². The van der Waals surface area contributed by atoms with E-state index in [-0.39, 0.29) is 6.04 Å². The van der Waals surface area contributed by atoms with Crippen molar-refractivity contribution in [3.8, 4) is 0 Å². The summed E-state index contributed by atoms with van der Waals surface area (Å²) in [6.45, 7) is 4.98. The van der Waals surface area contributed by atoms with Crippen LogP contribution in [0, 0.1) is 6.92 Å². The van der Waals surface area contributed by atoms with Gasteiger partial charge in [0, 0.05) is 36.6 Å². The van der Waals surface area contributed by atoms with Crippen molar-refractivity contribution in [2.45, 2.75) is 25.4 Å². The number of hydrogen-bond acceptors (Lipinski definition) is 2. The average molecular weight is 301 g/mol. The van der Waals surface area contributed by atoms with Crippen molar-refractivity contribution in [2.24, 2.45) is 5.73 Å². The predicted molar refractivity (Wildman–Crippen MR) is 88.6 cm³/mol. The molecule has 2 N–H and O–H groups in total. The average Bonchev–Trinajstić information content (AvgIpc) is 2.83. The van der Waals surface area contributed by atoms with Gasteiger partial charge in [-0.1, -0.05) is 54.1 Å². The zero-order valence-corrected chi connectivity index (χ0v) is 13.1. The number of hydrogen-bond donors (Lipinski definition) is 1. The zero-order valence-electron chi connectivity index (χ0n) is 12.3. The Bertz CT molecular complexity index is 612. The summed E-state index contributed by atoms with van der Waals surface area (Å²) in [5, 5.41) is 0.834. The summed E-state index contributed by atoms with van der Waals surface area (Å²) < 4.78 is 0. The van der Waals surface area contributed by atoms with Gasteiger partial charge in [-0.3, -0.25) is 4.90 Å². The summed E-state index contributed by atoms with van der Waals surface area (Å²) in [4.78, 5) is 2.44. The van der Waals surface area contributed by atoms with E-state index in [0.29, 0.717) is 5.92 Å². The minimum atomic E-state index is 0.172. The summed E-state index contributed by atoms with van der Waals surface area (Å²) in [5.41, 5.74) is 10.2. The Morgan fingerprint density at radius 3 is 2.62 bits per heavy atom. The van der Waals surface area contributed by atoms with Gasteiger partial charge in [-0.25, -0.2) is 0 Å². The van der Waals surface area contributed by atoms with Gasteiger partial charge in [0.05, 0.1) is 0 Å². The third-order valence-electron chi connectivity index (χ3n) is 4.40. The van der Waals surface area contributed by atoms with Crippen LogP contribution in [0.4, 0.5) is 0 Å². The minimum Gasteiger partial charge on any atom is -0.326 e. The Kier molecular flexibility index (Phi) is 4.29. The molecule has 1 aliphatic heterocycles. The first-order valence-corrected chi connectivity index (χ1v) is 7.80. The molecule has 1 fully saturated rings. The molecule has 0 amide bonds. The number of halogens is 1. The van der Waals surface area contributed by atoms with E-state index in [9.17, 15) is 0 Å². The normalized spacial score (nSPS) is 22.6. The monoisotopic (exact) mass is 300 g/mol. The van der Waals surface area contributed by atoms with E-state index in [2.05, 4.69) is 48.2 Å². The molecule has 1 saturated heterocycles. The fourth-order valence-corrected chi connectivity index (χ4v) is 3.42. The largest absolute Gasteiger partial charge is 0.326 e. The predicted octanol–water partition coefficient (Wildman–Crippen LogP) is 3.58. The van der Waals surface area contributed by atoms with Crippen molar-refractivity contribution >= 4 is 11.6 Å². The van der Waals surface area contributed by atoms with Crippen LogP contribution in [0.5, 0.6) is 0 Å². The maximum Gasteiger partial charge on any atom is 0.0438 e.